The van der Waals surface area contributed by atoms with Gasteiger partial charge >= 0.3 is 12.1 Å². The molecule has 1 heterocycles. The monoisotopic (exact) mass is 363 g/mol. The molecule has 1 rings (SSSR count). The van der Waals surface area contributed by atoms with Crippen molar-refractivity contribution in [3.63, 3.8) is 0 Å². The molecule has 1 aromatic rings. The van der Waals surface area contributed by atoms with E-state index in [4.69, 9.17) is 9.84 Å². The molecule has 0 bridgehead atoms. The van der Waals surface area contributed by atoms with Gasteiger partial charge in [0.15, 0.2) is 0 Å². The summed E-state index contributed by atoms with van der Waals surface area (Å²) in [6, 6.07) is 1.22. The van der Waals surface area contributed by atoms with Gasteiger partial charge in [0.1, 0.15) is 5.60 Å². The Morgan fingerprint density at radius 3 is 2.50 bits per heavy atom. The summed E-state index contributed by atoms with van der Waals surface area (Å²) >= 11 is 4.83. The number of ether oxygens (including phenoxy) is 1. The number of carboxylic acids is 1. The second-order valence-electron chi connectivity index (χ2n) is 5.35. The third-order valence-corrected chi connectivity index (χ3v) is 4.54. The molecule has 1 unspecified atom stereocenters. The molecule has 0 aliphatic heterocycles. The van der Waals surface area contributed by atoms with Crippen LogP contribution < -0.4 is 5.32 Å². The Kier molecular flexibility index (Phi) is 5.59. The summed E-state index contributed by atoms with van der Waals surface area (Å²) in [5.41, 5.74) is -0.621. The van der Waals surface area contributed by atoms with Crippen LogP contribution in [-0.4, -0.2) is 22.8 Å². The van der Waals surface area contributed by atoms with Crippen molar-refractivity contribution in [1.29, 1.82) is 0 Å². The zero-order chi connectivity index (χ0) is 15.5. The zero-order valence-corrected chi connectivity index (χ0v) is 14.2. The molecule has 20 heavy (non-hydrogen) atoms. The number of aliphatic carboxylic acids is 1. The molecule has 0 aliphatic carbocycles. The molecular formula is C13H18BrNO4S. The van der Waals surface area contributed by atoms with E-state index in [0.29, 0.717) is 0 Å². The van der Waals surface area contributed by atoms with Gasteiger partial charge in [0, 0.05) is 14.2 Å². The van der Waals surface area contributed by atoms with Crippen LogP contribution in [0.1, 0.15) is 43.0 Å². The fraction of sp³-hybridized carbons (Fsp3) is 0.538. The molecule has 1 atom stereocenters. The Bertz CT molecular complexity index is 487. The maximum absolute atomic E-state index is 11.8. The van der Waals surface area contributed by atoms with Crippen LogP contribution in [-0.2, 0) is 9.53 Å². The molecule has 1 aromatic heterocycles. The largest absolute Gasteiger partial charge is 0.481 e. The Morgan fingerprint density at radius 1 is 1.50 bits per heavy atom. The van der Waals surface area contributed by atoms with Crippen molar-refractivity contribution in [3.05, 3.63) is 20.3 Å². The third-order valence-electron chi connectivity index (χ3n) is 2.29. The van der Waals surface area contributed by atoms with E-state index >= 15 is 0 Å². The number of hydrogen-bond donors (Lipinski definition) is 2. The third kappa shape index (κ3) is 5.50. The van der Waals surface area contributed by atoms with Crippen LogP contribution >= 0.6 is 27.3 Å². The summed E-state index contributed by atoms with van der Waals surface area (Å²) < 4.78 is 6.06. The summed E-state index contributed by atoms with van der Waals surface area (Å²) in [5.74, 6) is -0.978. The molecular weight excluding hydrogens is 346 g/mol. The normalized spacial score (nSPS) is 12.8. The Labute approximate surface area is 130 Å². The van der Waals surface area contributed by atoms with Crippen molar-refractivity contribution < 1.29 is 19.4 Å². The standard InChI is InChI=1S/C13H18BrNO4S/c1-7-8(14)5-10(20-7)9(6-11(16)17)15-12(18)19-13(2,3)4/h5,9H,6H2,1-4H3,(H,15,18)(H,16,17). The number of nitrogens with one attached hydrogen (secondary N) is 1. The fourth-order valence-corrected chi connectivity index (χ4v) is 3.11. The molecule has 0 radical (unpaired) electrons. The molecule has 0 saturated carbocycles. The lowest BCUT2D eigenvalue weighted by Gasteiger charge is -2.22. The molecule has 0 aromatic carbocycles. The molecule has 5 nitrogen and oxygen atoms in total. The number of aryl methyl sites for hydroxylation is 1. The minimum Gasteiger partial charge on any atom is -0.481 e. The Balaban J connectivity index is 2.85. The van der Waals surface area contributed by atoms with Gasteiger partial charge < -0.3 is 15.2 Å². The molecule has 0 saturated heterocycles. The van der Waals surface area contributed by atoms with Crippen molar-refractivity contribution >= 4 is 39.3 Å². The summed E-state index contributed by atoms with van der Waals surface area (Å²) in [5, 5.41) is 11.6. The highest BCUT2D eigenvalue weighted by Crippen LogP contribution is 2.32. The number of thiophene rings is 1. The van der Waals surface area contributed by atoms with E-state index in [2.05, 4.69) is 21.2 Å². The second kappa shape index (κ2) is 6.58. The topological polar surface area (TPSA) is 75.6 Å². The highest BCUT2D eigenvalue weighted by Gasteiger charge is 2.24. The molecule has 112 valence electrons. The Hall–Kier alpha value is -1.08. The van der Waals surface area contributed by atoms with Gasteiger partial charge in [-0.05, 0) is 49.7 Å². The minimum atomic E-state index is -0.978. The van der Waals surface area contributed by atoms with Gasteiger partial charge in [0.05, 0.1) is 12.5 Å². The first-order valence-corrected chi connectivity index (χ1v) is 7.66. The molecule has 1 amide bonds. The number of alkyl carbamates (subject to hydrolysis) is 1. The van der Waals surface area contributed by atoms with E-state index in [1.54, 1.807) is 20.8 Å². The smallest absolute Gasteiger partial charge is 0.408 e. The number of carboxylic acid groups (broad SMARTS) is 1. The van der Waals surface area contributed by atoms with Crippen LogP contribution in [0.5, 0.6) is 0 Å². The predicted molar refractivity (Wildman–Crippen MR) is 81.1 cm³/mol. The lowest BCUT2D eigenvalue weighted by atomic mass is 10.1. The van der Waals surface area contributed by atoms with Crippen LogP contribution in [0, 0.1) is 6.92 Å². The quantitative estimate of drug-likeness (QED) is 0.851. The first-order valence-electron chi connectivity index (χ1n) is 6.05. The number of halogens is 1. The summed E-state index contributed by atoms with van der Waals surface area (Å²) in [6.07, 6.45) is -0.808. The summed E-state index contributed by atoms with van der Waals surface area (Å²) in [6.45, 7) is 7.18. The van der Waals surface area contributed by atoms with Gasteiger partial charge in [-0.15, -0.1) is 11.3 Å². The lowest BCUT2D eigenvalue weighted by molar-refractivity contribution is -0.137. The van der Waals surface area contributed by atoms with Gasteiger partial charge in [-0.1, -0.05) is 0 Å². The van der Waals surface area contributed by atoms with Crippen molar-refractivity contribution in [3.8, 4) is 0 Å². The molecule has 7 heteroatoms. The minimum absolute atomic E-state index is 0.189. The predicted octanol–water partition coefficient (Wildman–Crippen LogP) is 3.86. The number of amides is 1. The lowest BCUT2D eigenvalue weighted by Crippen LogP contribution is -2.35. The number of hydrogen-bond acceptors (Lipinski definition) is 4. The van der Waals surface area contributed by atoms with Crippen molar-refractivity contribution in [1.82, 2.24) is 5.32 Å². The average Bonchev–Trinajstić information content (AvgIpc) is 2.54. The highest BCUT2D eigenvalue weighted by molar-refractivity contribution is 9.10. The number of carbonyl (C=O) groups excluding carboxylic acids is 1. The maximum Gasteiger partial charge on any atom is 0.408 e. The molecule has 0 spiro atoms. The van der Waals surface area contributed by atoms with E-state index in [-0.39, 0.29) is 6.42 Å². The first kappa shape index (κ1) is 17.0. The van der Waals surface area contributed by atoms with Gasteiger partial charge in [-0.2, -0.15) is 0 Å². The van der Waals surface area contributed by atoms with E-state index in [0.717, 1.165) is 14.2 Å². The SMILES string of the molecule is Cc1sc(C(CC(=O)O)NC(=O)OC(C)(C)C)cc1Br. The van der Waals surface area contributed by atoms with E-state index < -0.39 is 23.7 Å². The average molecular weight is 364 g/mol. The van der Waals surface area contributed by atoms with E-state index in [1.165, 1.54) is 11.3 Å². The van der Waals surface area contributed by atoms with Crippen LogP contribution in [0.4, 0.5) is 4.79 Å². The fourth-order valence-electron chi connectivity index (χ4n) is 1.50. The Morgan fingerprint density at radius 2 is 2.10 bits per heavy atom. The van der Waals surface area contributed by atoms with E-state index in [9.17, 15) is 9.59 Å². The van der Waals surface area contributed by atoms with Crippen molar-refractivity contribution in [2.45, 2.75) is 45.8 Å². The molecule has 0 aliphatic rings. The van der Waals surface area contributed by atoms with E-state index in [1.807, 2.05) is 13.0 Å². The van der Waals surface area contributed by atoms with Crippen molar-refractivity contribution in [2.75, 3.05) is 0 Å². The maximum atomic E-state index is 11.8. The van der Waals surface area contributed by atoms with Gasteiger partial charge in [0.2, 0.25) is 0 Å². The van der Waals surface area contributed by atoms with Crippen molar-refractivity contribution in [2.24, 2.45) is 0 Å². The van der Waals surface area contributed by atoms with Crippen LogP contribution in [0.25, 0.3) is 0 Å². The number of rotatable bonds is 4. The molecule has 2 N–H and O–H groups in total. The van der Waals surface area contributed by atoms with Crippen LogP contribution in [0.3, 0.4) is 0 Å². The molecule has 0 fully saturated rings. The van der Waals surface area contributed by atoms with Crippen LogP contribution in [0.2, 0.25) is 0 Å². The van der Waals surface area contributed by atoms with Gasteiger partial charge in [-0.25, -0.2) is 4.79 Å². The second-order valence-corrected chi connectivity index (χ2v) is 7.49. The van der Waals surface area contributed by atoms with Gasteiger partial charge in [0.25, 0.3) is 0 Å². The summed E-state index contributed by atoms with van der Waals surface area (Å²) in [4.78, 5) is 24.5. The number of carbonyl (C=O) groups is 2. The first-order chi connectivity index (χ1) is 9.08. The highest BCUT2D eigenvalue weighted by atomic mass is 79.9. The van der Waals surface area contributed by atoms with Crippen LogP contribution in [0.15, 0.2) is 10.5 Å². The van der Waals surface area contributed by atoms with Gasteiger partial charge in [-0.3, -0.25) is 4.79 Å². The summed E-state index contributed by atoms with van der Waals surface area (Å²) in [7, 11) is 0. The zero-order valence-electron chi connectivity index (χ0n) is 11.8.